The van der Waals surface area contributed by atoms with Crippen molar-refractivity contribution in [3.05, 3.63) is 30.3 Å². The second-order valence-corrected chi connectivity index (χ2v) is 4.93. The summed E-state index contributed by atoms with van der Waals surface area (Å²) >= 11 is 0. The molecule has 0 saturated carbocycles. The molecule has 5 N–H and O–H groups in total. The fourth-order valence-corrected chi connectivity index (χ4v) is 1.86. The molecule has 0 aromatic heterocycles. The smallest absolute Gasteiger partial charge is 0.324 e. The molecule has 1 aromatic rings. The predicted molar refractivity (Wildman–Crippen MR) is 81.2 cm³/mol. The molecule has 0 heterocycles. The fourth-order valence-electron chi connectivity index (χ4n) is 1.86. The Bertz CT molecular complexity index is 441. The van der Waals surface area contributed by atoms with Crippen LogP contribution in [-0.4, -0.2) is 57.2 Å². The van der Waals surface area contributed by atoms with Crippen molar-refractivity contribution in [3.8, 4) is 5.75 Å². The van der Waals surface area contributed by atoms with Crippen LogP contribution in [0.1, 0.15) is 12.8 Å². The number of aliphatic carboxylic acids is 1. The Labute approximate surface area is 135 Å². The molecule has 0 saturated heterocycles. The van der Waals surface area contributed by atoms with Crippen molar-refractivity contribution in [3.63, 3.8) is 0 Å². The highest BCUT2D eigenvalue weighted by molar-refractivity contribution is 7.16. The minimum absolute atomic E-state index is 0.0753. The zero-order chi connectivity index (χ0) is 17.7. The standard InChI is InChI=1S/C14H20O6.HO2P/c15-8-14(9-16,10-17)12(6-7-13(18)19)20-11-4-2-1-3-5-11;1-3-2/h1-5,12,15-17H,6-10H2,(H,18,19);(H,1,2). The van der Waals surface area contributed by atoms with Crippen molar-refractivity contribution in [2.24, 2.45) is 5.41 Å². The maximum Gasteiger partial charge on any atom is 0.324 e. The molecule has 0 bridgehead atoms. The quantitative estimate of drug-likeness (QED) is 0.405. The summed E-state index contributed by atoms with van der Waals surface area (Å²) in [6.07, 6.45) is -0.911. The zero-order valence-corrected chi connectivity index (χ0v) is 13.3. The first kappa shape index (κ1) is 21.4. The molecule has 0 spiro atoms. The number of rotatable bonds is 9. The highest BCUT2D eigenvalue weighted by Crippen LogP contribution is 2.28. The van der Waals surface area contributed by atoms with Gasteiger partial charge in [0.2, 0.25) is 0 Å². The van der Waals surface area contributed by atoms with Crippen LogP contribution >= 0.6 is 8.69 Å². The Kier molecular flexibility index (Phi) is 11.1. The number of carbonyl (C=O) groups is 1. The summed E-state index contributed by atoms with van der Waals surface area (Å²) in [6.45, 7) is -1.51. The molecule has 0 fully saturated rings. The summed E-state index contributed by atoms with van der Waals surface area (Å²) in [4.78, 5) is 17.7. The number of para-hydroxylation sites is 1. The number of ether oxygens (including phenoxy) is 1. The molecule has 0 aliphatic carbocycles. The average molecular weight is 348 g/mol. The fraction of sp³-hybridized carbons (Fsp3) is 0.500. The molecule has 8 nitrogen and oxygen atoms in total. The van der Waals surface area contributed by atoms with Crippen molar-refractivity contribution >= 4 is 14.7 Å². The van der Waals surface area contributed by atoms with Gasteiger partial charge in [-0.2, -0.15) is 0 Å². The van der Waals surface area contributed by atoms with E-state index in [1.807, 2.05) is 0 Å². The summed E-state index contributed by atoms with van der Waals surface area (Å²) in [5, 5.41) is 37.1. The first-order valence-corrected chi connectivity index (χ1v) is 7.49. The Balaban J connectivity index is 0.00000149. The second kappa shape index (κ2) is 11.9. The third kappa shape index (κ3) is 7.49. The first-order valence-electron chi connectivity index (χ1n) is 6.72. The maximum absolute atomic E-state index is 10.7. The van der Waals surface area contributed by atoms with E-state index < -0.39 is 46.0 Å². The van der Waals surface area contributed by atoms with Gasteiger partial charge in [-0.05, 0) is 18.6 Å². The van der Waals surface area contributed by atoms with E-state index in [0.717, 1.165) is 0 Å². The number of carboxylic acids is 1. The summed E-state index contributed by atoms with van der Waals surface area (Å²) in [6, 6.07) is 8.68. The minimum atomic E-state index is -1.29. The molecule has 0 amide bonds. The van der Waals surface area contributed by atoms with Gasteiger partial charge in [0.15, 0.2) is 0 Å². The number of carboxylic acid groups (broad SMARTS) is 1. The van der Waals surface area contributed by atoms with Crippen molar-refractivity contribution in [1.82, 2.24) is 0 Å². The summed E-state index contributed by atoms with van der Waals surface area (Å²) in [7, 11) is -0.833. The highest BCUT2D eigenvalue weighted by atomic mass is 31.1. The number of hydrogen-bond acceptors (Lipinski definition) is 6. The predicted octanol–water partition coefficient (Wildman–Crippen LogP) is 0.447. The van der Waals surface area contributed by atoms with Crippen LogP contribution in [0.15, 0.2) is 30.3 Å². The molecule has 1 unspecified atom stereocenters. The van der Waals surface area contributed by atoms with Crippen molar-refractivity contribution < 1.29 is 39.4 Å². The molecule has 1 rings (SSSR count). The summed E-state index contributed by atoms with van der Waals surface area (Å²) in [5.74, 6) is -0.517. The van der Waals surface area contributed by atoms with E-state index in [0.29, 0.717) is 5.75 Å². The van der Waals surface area contributed by atoms with Crippen molar-refractivity contribution in [2.75, 3.05) is 19.8 Å². The van der Waals surface area contributed by atoms with Gasteiger partial charge < -0.3 is 30.1 Å². The molecular weight excluding hydrogens is 327 g/mol. The minimum Gasteiger partial charge on any atom is -0.490 e. The van der Waals surface area contributed by atoms with Gasteiger partial charge in [0.1, 0.15) is 11.9 Å². The third-order valence-corrected chi connectivity index (χ3v) is 3.27. The van der Waals surface area contributed by atoms with Crippen LogP contribution in [0.25, 0.3) is 0 Å². The van der Waals surface area contributed by atoms with Gasteiger partial charge in [0.05, 0.1) is 25.2 Å². The van der Waals surface area contributed by atoms with Gasteiger partial charge in [-0.15, -0.1) is 0 Å². The molecule has 0 aliphatic rings. The largest absolute Gasteiger partial charge is 0.490 e. The van der Waals surface area contributed by atoms with Gasteiger partial charge >= 0.3 is 14.7 Å². The normalized spacial score (nSPS) is 12.2. The Morgan fingerprint density at radius 2 is 1.61 bits per heavy atom. The van der Waals surface area contributed by atoms with Crippen LogP contribution in [0.4, 0.5) is 0 Å². The number of benzene rings is 1. The third-order valence-electron chi connectivity index (χ3n) is 3.27. The molecule has 23 heavy (non-hydrogen) atoms. The van der Waals surface area contributed by atoms with E-state index in [4.69, 9.17) is 19.3 Å². The number of hydrogen-bond donors (Lipinski definition) is 5. The van der Waals surface area contributed by atoms with E-state index in [9.17, 15) is 20.1 Å². The average Bonchev–Trinajstić information content (AvgIpc) is 2.56. The lowest BCUT2D eigenvalue weighted by atomic mass is 9.82. The maximum atomic E-state index is 10.7. The SMILES string of the molecule is O=C(O)CCC(Oc1ccccc1)C(CO)(CO)CO.O=PO. The second-order valence-electron chi connectivity index (χ2n) is 4.77. The summed E-state index contributed by atoms with van der Waals surface area (Å²) in [5.41, 5.74) is -1.29. The van der Waals surface area contributed by atoms with Gasteiger partial charge in [0, 0.05) is 6.42 Å². The van der Waals surface area contributed by atoms with Crippen molar-refractivity contribution in [1.29, 1.82) is 0 Å². The van der Waals surface area contributed by atoms with Gasteiger partial charge in [-0.1, -0.05) is 18.2 Å². The van der Waals surface area contributed by atoms with Crippen LogP contribution in [0.2, 0.25) is 0 Å². The zero-order valence-electron chi connectivity index (χ0n) is 12.4. The van der Waals surface area contributed by atoms with Crippen LogP contribution in [0.5, 0.6) is 5.75 Å². The van der Waals surface area contributed by atoms with Gasteiger partial charge in [-0.3, -0.25) is 4.79 Å². The number of aliphatic hydroxyl groups excluding tert-OH is 3. The molecule has 130 valence electrons. The lowest BCUT2D eigenvalue weighted by Gasteiger charge is -2.36. The van der Waals surface area contributed by atoms with Gasteiger partial charge in [0.25, 0.3) is 0 Å². The monoisotopic (exact) mass is 348 g/mol. The van der Waals surface area contributed by atoms with E-state index in [1.165, 1.54) is 0 Å². The molecule has 1 atom stereocenters. The van der Waals surface area contributed by atoms with Gasteiger partial charge in [-0.25, -0.2) is 4.57 Å². The van der Waals surface area contributed by atoms with Crippen LogP contribution in [-0.2, 0) is 9.36 Å². The van der Waals surface area contributed by atoms with E-state index >= 15 is 0 Å². The number of aliphatic hydroxyl groups is 3. The topological polar surface area (TPSA) is 145 Å². The molecule has 1 aromatic carbocycles. The van der Waals surface area contributed by atoms with Crippen LogP contribution in [0.3, 0.4) is 0 Å². The Morgan fingerprint density at radius 3 is 2.00 bits per heavy atom. The van der Waals surface area contributed by atoms with E-state index in [1.54, 1.807) is 30.3 Å². The molecule has 0 radical (unpaired) electrons. The van der Waals surface area contributed by atoms with E-state index in [-0.39, 0.29) is 12.8 Å². The Hall–Kier alpha value is -1.57. The van der Waals surface area contributed by atoms with Crippen LogP contribution < -0.4 is 4.74 Å². The highest BCUT2D eigenvalue weighted by Gasteiger charge is 2.39. The van der Waals surface area contributed by atoms with E-state index in [2.05, 4.69) is 0 Å². The lowest BCUT2D eigenvalue weighted by molar-refractivity contribution is -0.139. The lowest BCUT2D eigenvalue weighted by Crippen LogP contribution is -2.48. The summed E-state index contributed by atoms with van der Waals surface area (Å²) < 4.78 is 14.1. The Morgan fingerprint density at radius 1 is 1.13 bits per heavy atom. The first-order chi connectivity index (χ1) is 11.0. The molecule has 0 aliphatic heterocycles. The molecular formula is C14H21O8P. The van der Waals surface area contributed by atoms with Crippen LogP contribution in [0, 0.1) is 5.41 Å². The molecule has 9 heteroatoms. The van der Waals surface area contributed by atoms with Crippen molar-refractivity contribution in [2.45, 2.75) is 18.9 Å².